The smallest absolute Gasteiger partial charge is 0.317 e. The molecule has 1 N–H and O–H groups in total. The van der Waals surface area contributed by atoms with Crippen molar-refractivity contribution in [2.45, 2.75) is 45.6 Å². The molecule has 2 aromatic carbocycles. The lowest BCUT2D eigenvalue weighted by Crippen LogP contribution is -2.51. The van der Waals surface area contributed by atoms with Gasteiger partial charge in [0.15, 0.2) is 5.78 Å². The first kappa shape index (κ1) is 24.0. The number of carbonyl (C=O) groups is 3. The number of hydrogen-bond acceptors (Lipinski definition) is 5. The molecule has 34 heavy (non-hydrogen) atoms. The van der Waals surface area contributed by atoms with Crippen LogP contribution in [0.25, 0.3) is 0 Å². The highest BCUT2D eigenvalue weighted by molar-refractivity contribution is 5.97. The summed E-state index contributed by atoms with van der Waals surface area (Å²) in [6.07, 6.45) is 0.661. The van der Waals surface area contributed by atoms with Crippen LogP contribution in [0.3, 0.4) is 0 Å². The molecular formula is C27H33N3O4. The summed E-state index contributed by atoms with van der Waals surface area (Å²) in [6, 6.07) is 13.6. The third-order valence-electron chi connectivity index (χ3n) is 6.53. The van der Waals surface area contributed by atoms with Crippen molar-refractivity contribution in [3.8, 4) is 5.75 Å². The summed E-state index contributed by atoms with van der Waals surface area (Å²) in [7, 11) is 0. The highest BCUT2D eigenvalue weighted by Gasteiger charge is 2.23. The normalized spacial score (nSPS) is 16.2. The van der Waals surface area contributed by atoms with E-state index in [1.165, 1.54) is 5.56 Å². The molecule has 0 bridgehead atoms. The summed E-state index contributed by atoms with van der Waals surface area (Å²) in [5.74, 6) is 0.254. The van der Waals surface area contributed by atoms with Crippen LogP contribution >= 0.6 is 0 Å². The number of benzene rings is 2. The number of piperazine rings is 1. The molecule has 2 aliphatic heterocycles. The van der Waals surface area contributed by atoms with Crippen LogP contribution in [0.1, 0.15) is 54.2 Å². The zero-order valence-electron chi connectivity index (χ0n) is 20.2. The second-order valence-electron chi connectivity index (χ2n) is 10.1. The fraction of sp³-hybridized carbons (Fsp3) is 0.444. The lowest BCUT2D eigenvalue weighted by molar-refractivity contribution is -0.131. The van der Waals surface area contributed by atoms with Crippen molar-refractivity contribution < 1.29 is 19.1 Å². The fourth-order valence-electron chi connectivity index (χ4n) is 4.27. The van der Waals surface area contributed by atoms with Crippen LogP contribution in [0.4, 0.5) is 4.79 Å². The SMILES string of the molecule is CC(C)(C)c1ccc(CNC(=O)N2CCN(CCC(=O)c3ccc4c(c3)OC(=O)C4)CC2)cc1. The lowest BCUT2D eigenvalue weighted by atomic mass is 9.87. The highest BCUT2D eigenvalue weighted by atomic mass is 16.5. The van der Waals surface area contributed by atoms with Crippen molar-refractivity contribution in [2.75, 3.05) is 32.7 Å². The first-order valence-electron chi connectivity index (χ1n) is 11.9. The molecule has 2 heterocycles. The molecule has 0 atom stereocenters. The lowest BCUT2D eigenvalue weighted by Gasteiger charge is -2.34. The molecule has 1 saturated heterocycles. The van der Waals surface area contributed by atoms with Crippen molar-refractivity contribution in [2.24, 2.45) is 0 Å². The average molecular weight is 464 g/mol. The molecule has 0 radical (unpaired) electrons. The number of ketones is 1. The van der Waals surface area contributed by atoms with Gasteiger partial charge in [-0.2, -0.15) is 0 Å². The van der Waals surface area contributed by atoms with Crippen LogP contribution in [0.2, 0.25) is 0 Å². The Labute approximate surface area is 201 Å². The second kappa shape index (κ2) is 9.97. The van der Waals surface area contributed by atoms with E-state index in [0.29, 0.717) is 43.9 Å². The zero-order chi connectivity index (χ0) is 24.3. The summed E-state index contributed by atoms with van der Waals surface area (Å²) in [5.41, 5.74) is 3.87. The van der Waals surface area contributed by atoms with Gasteiger partial charge in [0.25, 0.3) is 0 Å². The number of nitrogens with one attached hydrogen (secondary N) is 1. The average Bonchev–Trinajstić information content (AvgIpc) is 3.20. The quantitative estimate of drug-likeness (QED) is 0.403. The predicted octanol–water partition coefficient (Wildman–Crippen LogP) is 3.55. The second-order valence-corrected chi connectivity index (χ2v) is 10.1. The third-order valence-corrected chi connectivity index (χ3v) is 6.53. The standard InChI is InChI=1S/C27H33N3O4/c1-27(2,3)22-8-4-19(5-9-22)18-28-26(33)30-14-12-29(13-15-30)11-10-23(31)20-6-7-21-17-25(32)34-24(21)16-20/h4-9,16H,10-15,17-18H2,1-3H3,(H,28,33). The maximum Gasteiger partial charge on any atom is 0.317 e. The van der Waals surface area contributed by atoms with Gasteiger partial charge in [0.05, 0.1) is 6.42 Å². The van der Waals surface area contributed by atoms with Gasteiger partial charge in [0.2, 0.25) is 0 Å². The molecule has 0 spiro atoms. The van der Waals surface area contributed by atoms with Crippen molar-refractivity contribution in [1.29, 1.82) is 0 Å². The van der Waals surface area contributed by atoms with E-state index in [4.69, 9.17) is 4.74 Å². The molecule has 7 nitrogen and oxygen atoms in total. The van der Waals surface area contributed by atoms with Gasteiger partial charge < -0.3 is 15.0 Å². The molecule has 0 saturated carbocycles. The van der Waals surface area contributed by atoms with Gasteiger partial charge in [-0.25, -0.2) is 4.79 Å². The van der Waals surface area contributed by atoms with Crippen LogP contribution in [-0.4, -0.2) is 60.3 Å². The number of Topliss-reactive ketones (excluding diaryl/α,β-unsaturated/α-hetero) is 1. The van der Waals surface area contributed by atoms with Crippen LogP contribution < -0.4 is 10.1 Å². The van der Waals surface area contributed by atoms with E-state index in [1.54, 1.807) is 18.2 Å². The Bertz CT molecular complexity index is 1060. The summed E-state index contributed by atoms with van der Waals surface area (Å²) in [4.78, 5) is 40.6. The molecule has 7 heteroatoms. The van der Waals surface area contributed by atoms with Crippen LogP contribution in [0.5, 0.6) is 5.75 Å². The minimum Gasteiger partial charge on any atom is -0.426 e. The number of ether oxygens (including phenoxy) is 1. The number of amides is 2. The van der Waals surface area contributed by atoms with Gasteiger partial charge in [-0.1, -0.05) is 57.2 Å². The van der Waals surface area contributed by atoms with E-state index in [9.17, 15) is 14.4 Å². The van der Waals surface area contributed by atoms with E-state index in [1.807, 2.05) is 4.90 Å². The number of rotatable bonds is 6. The van der Waals surface area contributed by atoms with Crippen molar-refractivity contribution >= 4 is 17.8 Å². The van der Waals surface area contributed by atoms with E-state index in [2.05, 4.69) is 55.3 Å². The topological polar surface area (TPSA) is 79.0 Å². The summed E-state index contributed by atoms with van der Waals surface area (Å²) >= 11 is 0. The summed E-state index contributed by atoms with van der Waals surface area (Å²) < 4.78 is 5.15. The van der Waals surface area contributed by atoms with Crippen LogP contribution in [0, 0.1) is 0 Å². The first-order chi connectivity index (χ1) is 16.2. The van der Waals surface area contributed by atoms with E-state index in [0.717, 1.165) is 24.2 Å². The molecule has 4 rings (SSSR count). The van der Waals surface area contributed by atoms with Crippen molar-refractivity contribution in [1.82, 2.24) is 15.1 Å². The maximum atomic E-state index is 12.6. The largest absolute Gasteiger partial charge is 0.426 e. The Morgan fingerprint density at radius 3 is 2.38 bits per heavy atom. The molecular weight excluding hydrogens is 430 g/mol. The molecule has 0 unspecified atom stereocenters. The monoisotopic (exact) mass is 463 g/mol. The molecule has 1 fully saturated rings. The van der Waals surface area contributed by atoms with Crippen LogP contribution in [0.15, 0.2) is 42.5 Å². The Hall–Kier alpha value is -3.19. The van der Waals surface area contributed by atoms with Crippen molar-refractivity contribution in [3.05, 3.63) is 64.7 Å². The molecule has 0 aromatic heterocycles. The minimum absolute atomic E-state index is 0.0309. The Morgan fingerprint density at radius 1 is 1.00 bits per heavy atom. The van der Waals surface area contributed by atoms with Gasteiger partial charge >= 0.3 is 12.0 Å². The zero-order valence-corrected chi connectivity index (χ0v) is 20.2. The Balaban J connectivity index is 1.18. The van der Waals surface area contributed by atoms with Gasteiger partial charge in [0.1, 0.15) is 5.75 Å². The van der Waals surface area contributed by atoms with Crippen LogP contribution in [-0.2, 0) is 23.2 Å². The maximum absolute atomic E-state index is 12.6. The molecule has 2 aliphatic rings. The molecule has 0 aliphatic carbocycles. The fourth-order valence-corrected chi connectivity index (χ4v) is 4.27. The predicted molar refractivity (Wildman–Crippen MR) is 130 cm³/mol. The van der Waals surface area contributed by atoms with Gasteiger partial charge in [-0.05, 0) is 22.6 Å². The first-order valence-corrected chi connectivity index (χ1v) is 11.9. The summed E-state index contributed by atoms with van der Waals surface area (Å²) in [6.45, 7) is 10.5. The van der Waals surface area contributed by atoms with Gasteiger partial charge in [0, 0.05) is 56.8 Å². The van der Waals surface area contributed by atoms with Crippen molar-refractivity contribution in [3.63, 3.8) is 0 Å². The number of urea groups is 1. The molecule has 2 amide bonds. The Morgan fingerprint density at radius 2 is 1.71 bits per heavy atom. The molecule has 2 aromatic rings. The number of nitrogens with zero attached hydrogens (tertiary/aromatic N) is 2. The minimum atomic E-state index is -0.278. The molecule has 180 valence electrons. The third kappa shape index (κ3) is 5.83. The Kier molecular flexibility index (Phi) is 7.03. The number of hydrogen-bond donors (Lipinski definition) is 1. The highest BCUT2D eigenvalue weighted by Crippen LogP contribution is 2.27. The van der Waals surface area contributed by atoms with E-state index < -0.39 is 0 Å². The van der Waals surface area contributed by atoms with E-state index in [-0.39, 0.29) is 29.6 Å². The van der Waals surface area contributed by atoms with Gasteiger partial charge in [-0.15, -0.1) is 0 Å². The number of fused-ring (bicyclic) bond motifs is 1. The van der Waals surface area contributed by atoms with E-state index >= 15 is 0 Å². The van der Waals surface area contributed by atoms with Gasteiger partial charge in [-0.3, -0.25) is 14.5 Å². The number of esters is 1. The number of carbonyl (C=O) groups excluding carboxylic acids is 3. The summed E-state index contributed by atoms with van der Waals surface area (Å²) in [5, 5.41) is 3.02.